The summed E-state index contributed by atoms with van der Waals surface area (Å²) >= 11 is 1.59. The molecule has 1 atom stereocenters. The summed E-state index contributed by atoms with van der Waals surface area (Å²) in [6, 6.07) is 7.77. The molecular weight excluding hydrogens is 694 g/mol. The summed E-state index contributed by atoms with van der Waals surface area (Å²) in [6.07, 6.45) is -4.76. The van der Waals surface area contributed by atoms with E-state index in [0.29, 0.717) is 17.0 Å². The molecule has 0 aliphatic rings. The number of benzene rings is 2. The normalized spacial score (nSPS) is 14.6. The number of halogens is 11. The van der Waals surface area contributed by atoms with E-state index < -0.39 is 59.6 Å². The van der Waals surface area contributed by atoms with E-state index in [9.17, 15) is 44.3 Å². The van der Waals surface area contributed by atoms with Gasteiger partial charge in [-0.05, 0) is 80.6 Å². The molecule has 0 fully saturated rings. The van der Waals surface area contributed by atoms with Crippen LogP contribution in [0.3, 0.4) is 0 Å². The molecule has 15 heteroatoms. The molecule has 1 unspecified atom stereocenters. The molecule has 188 valence electrons. The van der Waals surface area contributed by atoms with Crippen LogP contribution in [0.4, 0.5) is 45.2 Å². The second-order valence-electron chi connectivity index (χ2n) is 6.90. The van der Waals surface area contributed by atoms with Crippen LogP contribution in [0.1, 0.15) is 15.9 Å². The third-order valence-electron chi connectivity index (χ3n) is 4.57. The van der Waals surface area contributed by atoms with Crippen molar-refractivity contribution < 1.29 is 44.3 Å². The number of alkyl halides is 10. The third kappa shape index (κ3) is 5.81. The summed E-state index contributed by atoms with van der Waals surface area (Å²) in [5, 5.41) is 2.79. The average Bonchev–Trinajstić information content (AvgIpc) is 2.72. The lowest BCUT2D eigenvalue weighted by Crippen LogP contribution is -2.49. The van der Waals surface area contributed by atoms with Gasteiger partial charge in [-0.15, -0.1) is 0 Å². The van der Waals surface area contributed by atoms with E-state index in [4.69, 9.17) is 0 Å². The number of aromatic nitrogens is 1. The van der Waals surface area contributed by atoms with Gasteiger partial charge in [-0.25, -0.2) is 4.39 Å². The van der Waals surface area contributed by atoms with Gasteiger partial charge in [0.1, 0.15) is 0 Å². The van der Waals surface area contributed by atoms with Crippen LogP contribution >= 0.6 is 50.3 Å². The zero-order valence-corrected chi connectivity index (χ0v) is 21.1. The van der Waals surface area contributed by atoms with Gasteiger partial charge in [-0.1, -0.05) is 12.1 Å². The van der Waals surface area contributed by atoms with E-state index in [1.54, 1.807) is 12.1 Å². The van der Waals surface area contributed by atoms with Crippen LogP contribution in [0.2, 0.25) is 0 Å². The predicted octanol–water partition coefficient (Wildman–Crippen LogP) is 8.42. The maximum absolute atomic E-state index is 14.8. The second kappa shape index (κ2) is 9.61. The molecule has 1 N–H and O–H groups in total. The quantitative estimate of drug-likeness (QED) is 0.126. The van der Waals surface area contributed by atoms with E-state index in [0.717, 1.165) is 0 Å². The maximum Gasteiger partial charge on any atom is 0.446 e. The molecule has 0 saturated heterocycles. The molecule has 0 bridgehead atoms. The number of carbonyl (C=O) groups excluding carboxylic acids is 1. The predicted molar refractivity (Wildman–Crippen MR) is 123 cm³/mol. The van der Waals surface area contributed by atoms with Crippen molar-refractivity contribution in [2.75, 3.05) is 5.32 Å². The first-order valence-corrected chi connectivity index (χ1v) is 11.7. The van der Waals surface area contributed by atoms with E-state index in [-0.39, 0.29) is 11.6 Å². The largest absolute Gasteiger partial charge is 0.446 e. The molecule has 0 spiro atoms. The van der Waals surface area contributed by atoms with Crippen molar-refractivity contribution >= 4 is 72.8 Å². The fraction of sp³-hybridized carbons (Fsp3) is 0.200. The van der Waals surface area contributed by atoms with Crippen molar-refractivity contribution in [3.63, 3.8) is 0 Å². The maximum atomic E-state index is 14.8. The summed E-state index contributed by atoms with van der Waals surface area (Å²) < 4.78 is 121. The molecule has 0 saturated carbocycles. The number of carbonyl (C=O) groups is 1. The Kier molecular flexibility index (Phi) is 7.64. The number of nitrogens with zero attached hydrogens (tertiary/aromatic N) is 1. The lowest BCUT2D eigenvalue weighted by Gasteiger charge is -2.32. The van der Waals surface area contributed by atoms with Crippen LogP contribution in [0, 0.1) is 3.57 Å². The van der Waals surface area contributed by atoms with E-state index in [2.05, 4.69) is 10.3 Å². The van der Waals surface area contributed by atoms with Crippen molar-refractivity contribution in [2.24, 2.45) is 0 Å². The minimum absolute atomic E-state index is 0.0134. The number of hydrogen-bond donors (Lipinski definition) is 1. The number of amides is 1. The third-order valence-corrected chi connectivity index (χ3v) is 6.74. The Hall–Kier alpha value is -1.75. The molecule has 1 aromatic heterocycles. The van der Waals surface area contributed by atoms with E-state index in [1.807, 2.05) is 0 Å². The van der Waals surface area contributed by atoms with Crippen LogP contribution in [-0.2, 0) is 5.67 Å². The van der Waals surface area contributed by atoms with Crippen molar-refractivity contribution in [3.05, 3.63) is 63.4 Å². The molecule has 1 amide bonds. The number of nitrogens with one attached hydrogen (secondary N) is 1. The van der Waals surface area contributed by atoms with Crippen molar-refractivity contribution in [3.8, 4) is 0 Å². The van der Waals surface area contributed by atoms with Crippen LogP contribution < -0.4 is 5.32 Å². The monoisotopic (exact) mass is 702 g/mol. The van der Waals surface area contributed by atoms with Crippen LogP contribution in [0.15, 0.2) is 53.6 Å². The summed E-state index contributed by atoms with van der Waals surface area (Å²) in [5.41, 5.74) is -12.6. The number of hydrogen-bond acceptors (Lipinski definition) is 3. The van der Waals surface area contributed by atoms with Crippen LogP contribution in [-0.4, -0.2) is 27.4 Å². The number of anilines is 1. The highest BCUT2D eigenvalue weighted by Gasteiger charge is 2.71. The van der Waals surface area contributed by atoms with Crippen LogP contribution in [0.25, 0.3) is 10.9 Å². The highest BCUT2D eigenvalue weighted by atomic mass is 127. The Labute approximate surface area is 217 Å². The van der Waals surface area contributed by atoms with Crippen LogP contribution in [0.5, 0.6) is 0 Å². The molecule has 0 aliphatic heterocycles. The molecular formula is C20H9BrF9IN2OS. The standard InChI is InChI=1S/C20H9BrF9IN2OS/c21-18(23,24)17(22,19(25,26)27)11-7-12(31)15(14(8-11)35-20(28,29)30)33-16(34)10-4-3-9-2-1-5-32-13(9)6-10/h1-8H,(H,33,34). The topological polar surface area (TPSA) is 42.0 Å². The van der Waals surface area contributed by atoms with Gasteiger partial charge in [0.05, 0.1) is 11.2 Å². The molecule has 0 radical (unpaired) electrons. The molecule has 3 nitrogen and oxygen atoms in total. The Bertz CT molecular complexity index is 1260. The minimum atomic E-state index is -6.20. The van der Waals surface area contributed by atoms with Gasteiger partial charge in [-0.3, -0.25) is 9.78 Å². The first-order chi connectivity index (χ1) is 15.9. The summed E-state index contributed by atoms with van der Waals surface area (Å²) in [5.74, 6) is -0.958. The van der Waals surface area contributed by atoms with Gasteiger partial charge in [0.15, 0.2) is 0 Å². The van der Waals surface area contributed by atoms with Crippen molar-refractivity contribution in [2.45, 2.75) is 27.1 Å². The average molecular weight is 703 g/mol. The Morgan fingerprint density at radius 3 is 2.20 bits per heavy atom. The first kappa shape index (κ1) is 27.8. The lowest BCUT2D eigenvalue weighted by molar-refractivity contribution is -0.282. The lowest BCUT2D eigenvalue weighted by atomic mass is 9.95. The highest BCUT2D eigenvalue weighted by molar-refractivity contribution is 14.1. The van der Waals surface area contributed by atoms with Gasteiger partial charge in [-0.2, -0.15) is 35.1 Å². The molecule has 35 heavy (non-hydrogen) atoms. The van der Waals surface area contributed by atoms with E-state index >= 15 is 0 Å². The summed E-state index contributed by atoms with van der Waals surface area (Å²) in [6.45, 7) is 0. The minimum Gasteiger partial charge on any atom is -0.320 e. The Morgan fingerprint density at radius 2 is 1.63 bits per heavy atom. The molecule has 1 heterocycles. The molecule has 3 rings (SSSR count). The number of rotatable bonds is 5. The second-order valence-corrected chi connectivity index (χ2v) is 10.2. The Balaban J connectivity index is 2.12. The number of thioether (sulfide) groups is 1. The van der Waals surface area contributed by atoms with Gasteiger partial charge in [0, 0.05) is 31.2 Å². The van der Waals surface area contributed by atoms with Gasteiger partial charge < -0.3 is 5.32 Å². The van der Waals surface area contributed by atoms with Crippen molar-refractivity contribution in [1.29, 1.82) is 0 Å². The zero-order valence-electron chi connectivity index (χ0n) is 16.5. The smallest absolute Gasteiger partial charge is 0.320 e. The van der Waals surface area contributed by atoms with Gasteiger partial charge in [0.2, 0.25) is 0 Å². The van der Waals surface area contributed by atoms with Crippen molar-refractivity contribution in [1.82, 2.24) is 4.98 Å². The van der Waals surface area contributed by atoms with Gasteiger partial charge >= 0.3 is 22.2 Å². The first-order valence-electron chi connectivity index (χ1n) is 9.02. The highest BCUT2D eigenvalue weighted by Crippen LogP contribution is 2.56. The summed E-state index contributed by atoms with van der Waals surface area (Å²) in [4.78, 5) is 10.4. The molecule has 2 aromatic carbocycles. The number of fused-ring (bicyclic) bond motifs is 1. The fourth-order valence-corrected chi connectivity index (χ4v) is 5.08. The fourth-order valence-electron chi connectivity index (χ4n) is 2.99. The van der Waals surface area contributed by atoms with E-state index in [1.165, 1.54) is 62.9 Å². The SMILES string of the molecule is O=C(Nc1c(I)cc(C(F)(C(F)(F)F)C(F)(F)Br)cc1SC(F)(F)F)c1ccc2cccnc2c1. The summed E-state index contributed by atoms with van der Waals surface area (Å²) in [7, 11) is 0. The number of pyridine rings is 1. The van der Waals surface area contributed by atoms with Gasteiger partial charge in [0.25, 0.3) is 5.91 Å². The Morgan fingerprint density at radius 1 is 0.971 bits per heavy atom. The molecule has 0 aliphatic carbocycles. The molecule has 3 aromatic rings. The zero-order chi connectivity index (χ0) is 26.4.